The molecule has 0 aliphatic rings. The lowest BCUT2D eigenvalue weighted by Gasteiger charge is -2.16. The molecule has 0 N–H and O–H groups in total. The van der Waals surface area contributed by atoms with Gasteiger partial charge in [0.25, 0.3) is 0 Å². The van der Waals surface area contributed by atoms with Crippen LogP contribution in [0.2, 0.25) is 0 Å². The van der Waals surface area contributed by atoms with E-state index in [1.165, 1.54) is 87.9 Å². The van der Waals surface area contributed by atoms with E-state index in [-0.39, 0.29) is 0 Å². The highest BCUT2D eigenvalue weighted by atomic mass is 79.9. The van der Waals surface area contributed by atoms with Gasteiger partial charge in [0.05, 0.1) is 0 Å². The quantitative estimate of drug-likeness (QED) is 0.281. The lowest BCUT2D eigenvalue weighted by Crippen LogP contribution is -2.04. The average Bonchev–Trinajstić information content (AvgIpc) is 2.92. The van der Waals surface area contributed by atoms with Gasteiger partial charge in [-0.1, -0.05) is 90.9 Å². The minimum atomic E-state index is 0.911. The van der Waals surface area contributed by atoms with Gasteiger partial charge in [0.2, 0.25) is 0 Å². The number of unbranched alkanes of at least 4 members (excludes halogenated alkanes) is 8. The predicted molar refractivity (Wildman–Crippen MR) is 106 cm³/mol. The van der Waals surface area contributed by atoms with Gasteiger partial charge in [0.15, 0.2) is 0 Å². The molecule has 0 fully saturated rings. The Bertz CT molecular complexity index is 358. The summed E-state index contributed by atoms with van der Waals surface area (Å²) in [5, 5.41) is 2.23. The van der Waals surface area contributed by atoms with Crippen LogP contribution in [0.3, 0.4) is 0 Å². The minimum Gasteiger partial charge on any atom is -0.148 e. The molecule has 0 aliphatic heterocycles. The van der Waals surface area contributed by atoms with Crippen molar-refractivity contribution < 1.29 is 0 Å². The van der Waals surface area contributed by atoms with E-state index in [0.717, 1.165) is 5.92 Å². The molecule has 1 atom stereocenters. The second-order valence-corrected chi connectivity index (χ2v) is 8.62. The number of rotatable bonds is 14. The molecule has 0 saturated heterocycles. The van der Waals surface area contributed by atoms with Gasteiger partial charge in [0.1, 0.15) is 0 Å². The van der Waals surface area contributed by atoms with Crippen molar-refractivity contribution in [3.05, 3.63) is 20.8 Å². The molecule has 0 aliphatic carbocycles. The van der Waals surface area contributed by atoms with E-state index in [1.807, 2.05) is 11.3 Å². The van der Waals surface area contributed by atoms with E-state index >= 15 is 0 Å². The van der Waals surface area contributed by atoms with Crippen LogP contribution in [0.5, 0.6) is 0 Å². The van der Waals surface area contributed by atoms with Gasteiger partial charge in [-0.15, -0.1) is 11.3 Å². The lowest BCUT2D eigenvalue weighted by atomic mass is 9.91. The molecule has 0 amide bonds. The maximum atomic E-state index is 3.59. The third kappa shape index (κ3) is 10.0. The second-order valence-electron chi connectivity index (χ2n) is 6.71. The van der Waals surface area contributed by atoms with Gasteiger partial charge in [-0.3, -0.25) is 0 Å². The van der Waals surface area contributed by atoms with Crippen LogP contribution in [0.15, 0.2) is 15.9 Å². The summed E-state index contributed by atoms with van der Waals surface area (Å²) in [6.07, 6.45) is 18.3. The van der Waals surface area contributed by atoms with Crippen molar-refractivity contribution in [1.82, 2.24) is 0 Å². The normalized spacial score (nSPS) is 12.7. The van der Waals surface area contributed by atoms with E-state index in [9.17, 15) is 0 Å². The highest BCUT2D eigenvalue weighted by Gasteiger charge is 2.11. The smallest absolute Gasteiger partial charge is 0.0285 e. The summed E-state index contributed by atoms with van der Waals surface area (Å²) in [5.74, 6) is 0.911. The Kier molecular flexibility index (Phi) is 12.5. The fourth-order valence-corrected chi connectivity index (χ4v) is 4.73. The van der Waals surface area contributed by atoms with Crippen LogP contribution >= 0.6 is 27.3 Å². The van der Waals surface area contributed by atoms with Crippen molar-refractivity contribution >= 4 is 27.3 Å². The van der Waals surface area contributed by atoms with E-state index in [4.69, 9.17) is 0 Å². The summed E-state index contributed by atoms with van der Waals surface area (Å²) in [6, 6.07) is 2.32. The van der Waals surface area contributed by atoms with Crippen molar-refractivity contribution in [2.24, 2.45) is 5.92 Å². The van der Waals surface area contributed by atoms with E-state index in [2.05, 4.69) is 41.2 Å². The number of halogens is 1. The Balaban J connectivity index is 2.27. The first-order valence-corrected chi connectivity index (χ1v) is 11.2. The summed E-state index contributed by atoms with van der Waals surface area (Å²) < 4.78 is 1.26. The first kappa shape index (κ1) is 20.2. The maximum absolute atomic E-state index is 3.59. The molecular formula is C20H35BrS. The third-order valence-corrected chi connectivity index (χ3v) is 6.26. The summed E-state index contributed by atoms with van der Waals surface area (Å²) >= 11 is 5.52. The molecule has 1 heterocycles. The van der Waals surface area contributed by atoms with E-state index in [0.29, 0.717) is 0 Å². The average molecular weight is 387 g/mol. The van der Waals surface area contributed by atoms with Crippen LogP contribution < -0.4 is 0 Å². The summed E-state index contributed by atoms with van der Waals surface area (Å²) in [6.45, 7) is 4.60. The van der Waals surface area contributed by atoms with E-state index < -0.39 is 0 Å². The summed E-state index contributed by atoms with van der Waals surface area (Å²) in [4.78, 5) is 1.57. The maximum Gasteiger partial charge on any atom is 0.0285 e. The van der Waals surface area contributed by atoms with Crippen molar-refractivity contribution in [2.75, 3.05) is 0 Å². The largest absolute Gasteiger partial charge is 0.148 e. The third-order valence-electron chi connectivity index (χ3n) is 4.54. The van der Waals surface area contributed by atoms with Gasteiger partial charge in [-0.05, 0) is 34.3 Å². The molecule has 1 rings (SSSR count). The Morgan fingerprint density at radius 1 is 0.864 bits per heavy atom. The van der Waals surface area contributed by atoms with Gasteiger partial charge >= 0.3 is 0 Å². The number of hydrogen-bond acceptors (Lipinski definition) is 1. The second kappa shape index (κ2) is 13.6. The van der Waals surface area contributed by atoms with Crippen molar-refractivity contribution in [1.29, 1.82) is 0 Å². The zero-order valence-corrected chi connectivity index (χ0v) is 17.1. The van der Waals surface area contributed by atoms with Crippen LogP contribution in [0.4, 0.5) is 0 Å². The zero-order chi connectivity index (χ0) is 16.0. The van der Waals surface area contributed by atoms with Gasteiger partial charge < -0.3 is 0 Å². The number of thiophene rings is 1. The Labute approximate surface area is 151 Å². The molecule has 0 aromatic carbocycles. The highest BCUT2D eigenvalue weighted by Crippen LogP contribution is 2.27. The molecule has 0 nitrogen and oxygen atoms in total. The molecule has 0 saturated carbocycles. The molecular weight excluding hydrogens is 352 g/mol. The van der Waals surface area contributed by atoms with E-state index in [1.54, 1.807) is 4.88 Å². The molecule has 0 bridgehead atoms. The minimum absolute atomic E-state index is 0.911. The van der Waals surface area contributed by atoms with Crippen molar-refractivity contribution in [3.63, 3.8) is 0 Å². The standard InChI is InChI=1S/C20H35BrS/c1-3-5-7-9-10-12-14-18(13-11-8-6-4-2)15-20-16-19(21)17-22-20/h16-18H,3-15H2,1-2H3. The topological polar surface area (TPSA) is 0 Å². The Hall–Kier alpha value is 0.180. The molecule has 22 heavy (non-hydrogen) atoms. The van der Waals surface area contributed by atoms with Crippen LogP contribution in [-0.4, -0.2) is 0 Å². The first-order valence-electron chi connectivity index (χ1n) is 9.49. The molecule has 0 radical (unpaired) electrons. The first-order chi connectivity index (χ1) is 10.8. The molecule has 0 spiro atoms. The molecule has 1 unspecified atom stereocenters. The van der Waals surface area contributed by atoms with Crippen LogP contribution in [-0.2, 0) is 6.42 Å². The van der Waals surface area contributed by atoms with Crippen molar-refractivity contribution in [2.45, 2.75) is 97.3 Å². The van der Waals surface area contributed by atoms with Gasteiger partial charge in [-0.25, -0.2) is 0 Å². The lowest BCUT2D eigenvalue weighted by molar-refractivity contribution is 0.404. The Morgan fingerprint density at radius 3 is 1.95 bits per heavy atom. The highest BCUT2D eigenvalue weighted by molar-refractivity contribution is 9.10. The van der Waals surface area contributed by atoms with Crippen LogP contribution in [0.25, 0.3) is 0 Å². The van der Waals surface area contributed by atoms with Crippen LogP contribution in [0.1, 0.15) is 95.8 Å². The Morgan fingerprint density at radius 2 is 1.41 bits per heavy atom. The van der Waals surface area contributed by atoms with Crippen LogP contribution in [0, 0.1) is 5.92 Å². The van der Waals surface area contributed by atoms with Crippen molar-refractivity contribution in [3.8, 4) is 0 Å². The fourth-order valence-electron chi connectivity index (χ4n) is 3.17. The SMILES string of the molecule is CCCCCCCCC(CCCCCC)Cc1cc(Br)cs1. The van der Waals surface area contributed by atoms with Gasteiger partial charge in [0, 0.05) is 14.7 Å². The van der Waals surface area contributed by atoms with Gasteiger partial charge in [-0.2, -0.15) is 0 Å². The summed E-state index contributed by atoms with van der Waals surface area (Å²) in [7, 11) is 0. The fraction of sp³-hybridized carbons (Fsp3) is 0.800. The number of hydrogen-bond donors (Lipinski definition) is 0. The monoisotopic (exact) mass is 386 g/mol. The molecule has 2 heteroatoms. The summed E-state index contributed by atoms with van der Waals surface area (Å²) in [5.41, 5.74) is 0. The molecule has 1 aromatic rings. The zero-order valence-electron chi connectivity index (χ0n) is 14.7. The molecule has 1 aromatic heterocycles. The molecule has 128 valence electrons. The predicted octanol–water partition coefficient (Wildman–Crippen LogP) is 8.39.